The van der Waals surface area contributed by atoms with Crippen LogP contribution in [0.25, 0.3) is 0 Å². The predicted octanol–water partition coefficient (Wildman–Crippen LogP) is 1.98. The van der Waals surface area contributed by atoms with Crippen LogP contribution in [0.15, 0.2) is 0 Å². The molecule has 0 spiro atoms. The summed E-state index contributed by atoms with van der Waals surface area (Å²) in [6.45, 7) is 3.11. The maximum Gasteiger partial charge on any atom is 0.317 e. The van der Waals surface area contributed by atoms with Crippen molar-refractivity contribution in [1.82, 2.24) is 10.2 Å². The number of nitrogens with zero attached hydrogens (tertiary/aromatic N) is 1. The third-order valence-corrected chi connectivity index (χ3v) is 2.72. The van der Waals surface area contributed by atoms with Gasteiger partial charge >= 0.3 is 6.03 Å². The van der Waals surface area contributed by atoms with Gasteiger partial charge in [0.05, 0.1) is 0 Å². The molecule has 1 heterocycles. The van der Waals surface area contributed by atoms with Gasteiger partial charge in [-0.2, -0.15) is 0 Å². The maximum absolute atomic E-state index is 11.5. The van der Waals surface area contributed by atoms with Gasteiger partial charge in [-0.05, 0) is 25.7 Å². The molecule has 1 unspecified atom stereocenters. The number of hydrogen-bond acceptors (Lipinski definition) is 1. The van der Waals surface area contributed by atoms with Gasteiger partial charge in [-0.1, -0.05) is 13.3 Å². The summed E-state index contributed by atoms with van der Waals surface area (Å²) in [5.74, 6) is 0. The van der Waals surface area contributed by atoms with Crippen LogP contribution in [-0.2, 0) is 0 Å². The molecule has 3 nitrogen and oxygen atoms in total. The van der Waals surface area contributed by atoms with Crippen LogP contribution < -0.4 is 5.32 Å². The smallest absolute Gasteiger partial charge is 0.317 e. The molecule has 0 aromatic carbocycles. The van der Waals surface area contributed by atoms with Crippen molar-refractivity contribution in [1.29, 1.82) is 0 Å². The Kier molecular flexibility index (Phi) is 4.06. The van der Waals surface area contributed by atoms with E-state index in [1.165, 1.54) is 12.8 Å². The van der Waals surface area contributed by atoms with Gasteiger partial charge in [0.15, 0.2) is 0 Å². The highest BCUT2D eigenvalue weighted by Gasteiger charge is 2.24. The molecule has 0 saturated carbocycles. The van der Waals surface area contributed by atoms with Crippen LogP contribution in [0.1, 0.15) is 39.0 Å². The van der Waals surface area contributed by atoms with Crippen LogP contribution in [0.4, 0.5) is 4.79 Å². The Hall–Kier alpha value is -0.730. The van der Waals surface area contributed by atoms with Gasteiger partial charge < -0.3 is 10.2 Å². The Labute approximate surface area is 80.5 Å². The Morgan fingerprint density at radius 1 is 1.54 bits per heavy atom. The number of rotatable bonds is 2. The molecule has 13 heavy (non-hydrogen) atoms. The second kappa shape index (κ2) is 5.10. The Morgan fingerprint density at radius 3 is 2.92 bits per heavy atom. The maximum atomic E-state index is 11.5. The molecule has 1 fully saturated rings. The van der Waals surface area contributed by atoms with E-state index in [1.54, 1.807) is 7.05 Å². The predicted molar refractivity (Wildman–Crippen MR) is 53.7 cm³/mol. The number of carbonyl (C=O) groups is 1. The van der Waals surface area contributed by atoms with Crippen molar-refractivity contribution in [3.8, 4) is 0 Å². The second-order valence-electron chi connectivity index (χ2n) is 3.69. The van der Waals surface area contributed by atoms with E-state index in [9.17, 15) is 4.79 Å². The number of likely N-dealkylation sites (tertiary alicyclic amines) is 1. The van der Waals surface area contributed by atoms with Crippen LogP contribution in [0.5, 0.6) is 0 Å². The quantitative estimate of drug-likeness (QED) is 0.699. The highest BCUT2D eigenvalue weighted by Crippen LogP contribution is 2.20. The zero-order valence-corrected chi connectivity index (χ0v) is 8.68. The van der Waals surface area contributed by atoms with Crippen LogP contribution in [0.2, 0.25) is 0 Å². The van der Waals surface area contributed by atoms with Gasteiger partial charge in [0.2, 0.25) is 0 Å². The molecule has 0 aliphatic carbocycles. The van der Waals surface area contributed by atoms with E-state index in [4.69, 9.17) is 0 Å². The number of urea groups is 1. The molecule has 0 bridgehead atoms. The lowest BCUT2D eigenvalue weighted by atomic mass is 9.99. The summed E-state index contributed by atoms with van der Waals surface area (Å²) < 4.78 is 0. The summed E-state index contributed by atoms with van der Waals surface area (Å²) in [6.07, 6.45) is 5.93. The van der Waals surface area contributed by atoms with Gasteiger partial charge in [-0.3, -0.25) is 0 Å². The average Bonchev–Trinajstić information content (AvgIpc) is 2.18. The normalized spacial score (nSPS) is 22.9. The molecule has 1 saturated heterocycles. The topological polar surface area (TPSA) is 32.3 Å². The van der Waals surface area contributed by atoms with E-state index >= 15 is 0 Å². The molecule has 1 aliphatic heterocycles. The molecule has 1 N–H and O–H groups in total. The zero-order valence-electron chi connectivity index (χ0n) is 8.68. The summed E-state index contributed by atoms with van der Waals surface area (Å²) in [4.78, 5) is 13.5. The second-order valence-corrected chi connectivity index (χ2v) is 3.69. The van der Waals surface area contributed by atoms with Crippen LogP contribution in [0.3, 0.4) is 0 Å². The minimum Gasteiger partial charge on any atom is -0.341 e. The summed E-state index contributed by atoms with van der Waals surface area (Å²) >= 11 is 0. The van der Waals surface area contributed by atoms with Crippen molar-refractivity contribution in [3.63, 3.8) is 0 Å². The first kappa shape index (κ1) is 10.4. The highest BCUT2D eigenvalue weighted by molar-refractivity contribution is 5.74. The van der Waals surface area contributed by atoms with E-state index in [2.05, 4.69) is 12.2 Å². The Bertz CT molecular complexity index is 168. The summed E-state index contributed by atoms with van der Waals surface area (Å²) in [5, 5.41) is 2.71. The zero-order chi connectivity index (χ0) is 9.68. The first-order chi connectivity index (χ1) is 6.29. The molecule has 3 heteroatoms. The molecule has 0 radical (unpaired) electrons. The fourth-order valence-corrected chi connectivity index (χ4v) is 2.04. The molecular weight excluding hydrogens is 164 g/mol. The SMILES string of the molecule is CCCC1CCCCN1C(=O)NC. The number of amides is 2. The lowest BCUT2D eigenvalue weighted by Gasteiger charge is -2.35. The lowest BCUT2D eigenvalue weighted by Crippen LogP contribution is -2.47. The van der Waals surface area contributed by atoms with Crippen molar-refractivity contribution in [3.05, 3.63) is 0 Å². The number of hydrogen-bond donors (Lipinski definition) is 1. The third kappa shape index (κ3) is 2.61. The fourth-order valence-electron chi connectivity index (χ4n) is 2.04. The number of piperidine rings is 1. The standard InChI is InChI=1S/C10H20N2O/c1-3-6-9-7-4-5-8-12(9)10(13)11-2/h9H,3-8H2,1-2H3,(H,11,13). The highest BCUT2D eigenvalue weighted by atomic mass is 16.2. The van der Waals surface area contributed by atoms with Crippen molar-refractivity contribution >= 4 is 6.03 Å². The average molecular weight is 184 g/mol. The van der Waals surface area contributed by atoms with E-state index < -0.39 is 0 Å². The molecule has 2 amide bonds. The number of carbonyl (C=O) groups excluding carboxylic acids is 1. The van der Waals surface area contributed by atoms with Crippen molar-refractivity contribution < 1.29 is 4.79 Å². The summed E-state index contributed by atoms with van der Waals surface area (Å²) in [5.41, 5.74) is 0. The molecule has 76 valence electrons. The van der Waals surface area contributed by atoms with Gasteiger partial charge in [0, 0.05) is 19.6 Å². The Morgan fingerprint density at radius 2 is 2.31 bits per heavy atom. The molecule has 0 aromatic rings. The van der Waals surface area contributed by atoms with Crippen LogP contribution in [-0.4, -0.2) is 30.6 Å². The third-order valence-electron chi connectivity index (χ3n) is 2.72. The summed E-state index contributed by atoms with van der Waals surface area (Å²) in [7, 11) is 1.71. The van der Waals surface area contributed by atoms with E-state index in [0.717, 1.165) is 25.8 Å². The molecular formula is C10H20N2O. The van der Waals surface area contributed by atoms with Crippen LogP contribution in [0, 0.1) is 0 Å². The molecule has 1 rings (SSSR count). The lowest BCUT2D eigenvalue weighted by molar-refractivity contribution is 0.148. The van der Waals surface area contributed by atoms with E-state index in [0.29, 0.717) is 6.04 Å². The first-order valence-electron chi connectivity index (χ1n) is 5.28. The van der Waals surface area contributed by atoms with Gasteiger partial charge in [0.25, 0.3) is 0 Å². The van der Waals surface area contributed by atoms with Crippen molar-refractivity contribution in [2.45, 2.75) is 45.1 Å². The van der Waals surface area contributed by atoms with E-state index in [-0.39, 0.29) is 6.03 Å². The minimum absolute atomic E-state index is 0.0955. The molecule has 1 aliphatic rings. The van der Waals surface area contributed by atoms with Crippen LogP contribution >= 0.6 is 0 Å². The molecule has 1 atom stereocenters. The fraction of sp³-hybridized carbons (Fsp3) is 0.900. The van der Waals surface area contributed by atoms with Gasteiger partial charge in [-0.15, -0.1) is 0 Å². The van der Waals surface area contributed by atoms with Gasteiger partial charge in [0.1, 0.15) is 0 Å². The largest absolute Gasteiger partial charge is 0.341 e. The van der Waals surface area contributed by atoms with Crippen molar-refractivity contribution in [2.24, 2.45) is 0 Å². The van der Waals surface area contributed by atoms with Crippen molar-refractivity contribution in [2.75, 3.05) is 13.6 Å². The molecule has 0 aromatic heterocycles. The minimum atomic E-state index is 0.0955. The number of nitrogens with one attached hydrogen (secondary N) is 1. The first-order valence-corrected chi connectivity index (χ1v) is 5.28. The summed E-state index contributed by atoms with van der Waals surface area (Å²) in [6, 6.07) is 0.580. The van der Waals surface area contributed by atoms with Gasteiger partial charge in [-0.25, -0.2) is 4.79 Å². The Balaban J connectivity index is 2.50. The monoisotopic (exact) mass is 184 g/mol. The van der Waals surface area contributed by atoms with E-state index in [1.807, 2.05) is 4.90 Å².